The summed E-state index contributed by atoms with van der Waals surface area (Å²) in [6.45, 7) is 3.36. The van der Waals surface area contributed by atoms with Crippen molar-refractivity contribution >= 4 is 23.1 Å². The molecule has 16 heavy (non-hydrogen) atoms. The number of hydrogen-bond donors (Lipinski definition) is 1. The van der Waals surface area contributed by atoms with Crippen LogP contribution in [-0.2, 0) is 0 Å². The van der Waals surface area contributed by atoms with Crippen molar-refractivity contribution in [2.24, 2.45) is 0 Å². The Balaban J connectivity index is 1.88. The zero-order valence-corrected chi connectivity index (χ0v) is 11.3. The third-order valence-electron chi connectivity index (χ3n) is 2.95. The molecule has 2 atom stereocenters. The average molecular weight is 257 g/mol. The fourth-order valence-corrected chi connectivity index (χ4v) is 4.18. The van der Waals surface area contributed by atoms with Crippen LogP contribution in [0.4, 0.5) is 0 Å². The van der Waals surface area contributed by atoms with Crippen LogP contribution in [0.15, 0.2) is 9.85 Å². The molecule has 1 fully saturated rings. The Kier molecular flexibility index (Phi) is 5.06. The summed E-state index contributed by atoms with van der Waals surface area (Å²) in [6, 6.07) is 0.669. The minimum absolute atomic E-state index is 0.669. The van der Waals surface area contributed by atoms with Crippen LogP contribution in [0, 0.1) is 0 Å². The fourth-order valence-electron chi connectivity index (χ4n) is 2.14. The van der Waals surface area contributed by atoms with Gasteiger partial charge in [0.2, 0.25) is 0 Å². The van der Waals surface area contributed by atoms with Crippen LogP contribution in [0.5, 0.6) is 0 Å². The van der Waals surface area contributed by atoms with Crippen molar-refractivity contribution in [1.29, 1.82) is 0 Å². The summed E-state index contributed by atoms with van der Waals surface area (Å²) < 4.78 is 1.12. The van der Waals surface area contributed by atoms with Crippen LogP contribution in [0.25, 0.3) is 0 Å². The van der Waals surface area contributed by atoms with Crippen molar-refractivity contribution in [3.63, 3.8) is 0 Å². The molecule has 2 rings (SSSR count). The highest BCUT2D eigenvalue weighted by Gasteiger charge is 2.26. The molecule has 0 saturated heterocycles. The first-order valence-corrected chi connectivity index (χ1v) is 7.82. The van der Waals surface area contributed by atoms with Gasteiger partial charge in [-0.15, -0.1) is 10.2 Å². The maximum Gasteiger partial charge on any atom is 0.174 e. The molecule has 0 bridgehead atoms. The molecular weight excluding hydrogens is 238 g/mol. The number of hydrogen-bond acceptors (Lipinski definition) is 5. The highest BCUT2D eigenvalue weighted by molar-refractivity contribution is 8.01. The van der Waals surface area contributed by atoms with Gasteiger partial charge in [-0.25, -0.2) is 0 Å². The highest BCUT2D eigenvalue weighted by atomic mass is 32.2. The first-order valence-electron chi connectivity index (χ1n) is 6.06. The summed E-state index contributed by atoms with van der Waals surface area (Å²) in [5, 5.41) is 12.4. The van der Waals surface area contributed by atoms with E-state index >= 15 is 0 Å². The van der Waals surface area contributed by atoms with E-state index < -0.39 is 0 Å². The Morgan fingerprint density at radius 3 is 3.12 bits per heavy atom. The van der Waals surface area contributed by atoms with Crippen molar-refractivity contribution in [1.82, 2.24) is 15.5 Å². The summed E-state index contributed by atoms with van der Waals surface area (Å²) in [5.41, 5.74) is 1.82. The van der Waals surface area contributed by atoms with Crippen LogP contribution in [0.3, 0.4) is 0 Å². The van der Waals surface area contributed by atoms with Crippen LogP contribution < -0.4 is 5.32 Å². The number of nitrogens with zero attached hydrogens (tertiary/aromatic N) is 2. The first-order chi connectivity index (χ1) is 7.90. The molecule has 1 saturated carbocycles. The minimum Gasteiger partial charge on any atom is -0.313 e. The van der Waals surface area contributed by atoms with Crippen LogP contribution >= 0.6 is 23.1 Å². The number of nitrogens with one attached hydrogen (secondary N) is 1. The molecule has 1 N–H and O–H groups in total. The van der Waals surface area contributed by atoms with E-state index in [9.17, 15) is 0 Å². The van der Waals surface area contributed by atoms with Crippen molar-refractivity contribution in [2.75, 3.05) is 6.54 Å². The summed E-state index contributed by atoms with van der Waals surface area (Å²) in [7, 11) is 0. The molecule has 0 spiro atoms. The van der Waals surface area contributed by atoms with Crippen LogP contribution in [0.2, 0.25) is 0 Å². The van der Waals surface area contributed by atoms with E-state index in [0.717, 1.165) is 10.9 Å². The van der Waals surface area contributed by atoms with E-state index in [1.807, 2.05) is 17.3 Å². The molecule has 5 heteroatoms. The van der Waals surface area contributed by atoms with Crippen LogP contribution in [-0.4, -0.2) is 28.0 Å². The fraction of sp³-hybridized carbons (Fsp3) is 0.818. The maximum absolute atomic E-state index is 4.13. The van der Waals surface area contributed by atoms with E-state index in [0.29, 0.717) is 11.3 Å². The Hall–Kier alpha value is -0.130. The van der Waals surface area contributed by atoms with Crippen molar-refractivity contribution < 1.29 is 0 Å². The number of thioether (sulfide) groups is 1. The predicted molar refractivity (Wildman–Crippen MR) is 70.1 cm³/mol. The lowest BCUT2D eigenvalue weighted by molar-refractivity contribution is 0.384. The Bertz CT molecular complexity index is 289. The molecule has 0 aliphatic heterocycles. The third kappa shape index (κ3) is 3.43. The van der Waals surface area contributed by atoms with E-state index in [1.54, 1.807) is 11.3 Å². The zero-order valence-electron chi connectivity index (χ0n) is 9.69. The van der Waals surface area contributed by atoms with E-state index in [-0.39, 0.29) is 0 Å². The SMILES string of the molecule is CCCNC1CCCCC1Sc1nncs1. The Morgan fingerprint density at radius 1 is 1.50 bits per heavy atom. The summed E-state index contributed by atoms with van der Waals surface area (Å²) >= 11 is 3.57. The van der Waals surface area contributed by atoms with E-state index in [4.69, 9.17) is 0 Å². The lowest BCUT2D eigenvalue weighted by Crippen LogP contribution is -2.40. The van der Waals surface area contributed by atoms with Gasteiger partial charge in [-0.3, -0.25) is 0 Å². The van der Waals surface area contributed by atoms with Gasteiger partial charge >= 0.3 is 0 Å². The second-order valence-electron chi connectivity index (χ2n) is 4.21. The molecule has 1 aromatic heterocycles. The van der Waals surface area contributed by atoms with Crippen LogP contribution in [0.1, 0.15) is 39.0 Å². The lowest BCUT2D eigenvalue weighted by atomic mass is 9.95. The normalized spacial score (nSPS) is 25.8. The molecule has 1 heterocycles. The quantitative estimate of drug-likeness (QED) is 0.880. The second-order valence-corrected chi connectivity index (χ2v) is 6.53. The second kappa shape index (κ2) is 6.57. The largest absolute Gasteiger partial charge is 0.313 e. The monoisotopic (exact) mass is 257 g/mol. The van der Waals surface area contributed by atoms with Gasteiger partial charge in [0.1, 0.15) is 5.51 Å². The van der Waals surface area contributed by atoms with Gasteiger partial charge in [0.05, 0.1) is 0 Å². The Labute approximate surface area is 105 Å². The molecule has 2 unspecified atom stereocenters. The molecule has 1 aromatic rings. The minimum atomic E-state index is 0.669. The van der Waals surface area contributed by atoms with Gasteiger partial charge in [0.25, 0.3) is 0 Å². The van der Waals surface area contributed by atoms with Crippen molar-refractivity contribution in [3.05, 3.63) is 5.51 Å². The summed E-state index contributed by atoms with van der Waals surface area (Å²) in [5.74, 6) is 0. The number of rotatable bonds is 5. The highest BCUT2D eigenvalue weighted by Crippen LogP contribution is 2.34. The predicted octanol–water partition coefficient (Wildman–Crippen LogP) is 2.94. The van der Waals surface area contributed by atoms with Crippen molar-refractivity contribution in [2.45, 2.75) is 54.7 Å². The van der Waals surface area contributed by atoms with Gasteiger partial charge in [-0.05, 0) is 25.8 Å². The summed E-state index contributed by atoms with van der Waals surface area (Å²) in [6.07, 6.45) is 6.57. The summed E-state index contributed by atoms with van der Waals surface area (Å²) in [4.78, 5) is 0. The molecule has 3 nitrogen and oxygen atoms in total. The topological polar surface area (TPSA) is 37.8 Å². The third-order valence-corrected chi connectivity index (χ3v) is 5.16. The zero-order chi connectivity index (χ0) is 11.2. The van der Waals surface area contributed by atoms with Gasteiger partial charge in [-0.1, -0.05) is 42.9 Å². The molecule has 90 valence electrons. The Morgan fingerprint density at radius 2 is 2.38 bits per heavy atom. The van der Waals surface area contributed by atoms with Gasteiger partial charge in [-0.2, -0.15) is 0 Å². The molecule has 1 aliphatic carbocycles. The molecule has 0 radical (unpaired) electrons. The standard InChI is InChI=1S/C11H19N3S2/c1-2-7-12-9-5-3-4-6-10(9)16-11-14-13-8-15-11/h8-10,12H,2-7H2,1H3. The molecule has 0 amide bonds. The average Bonchev–Trinajstić information content (AvgIpc) is 2.81. The van der Waals surface area contributed by atoms with E-state index in [2.05, 4.69) is 22.4 Å². The first kappa shape index (κ1) is 12.3. The number of aromatic nitrogens is 2. The van der Waals surface area contributed by atoms with Gasteiger partial charge in [0, 0.05) is 11.3 Å². The van der Waals surface area contributed by atoms with Gasteiger partial charge < -0.3 is 5.32 Å². The van der Waals surface area contributed by atoms with Gasteiger partial charge in [0.15, 0.2) is 4.34 Å². The molecule has 1 aliphatic rings. The maximum atomic E-state index is 4.13. The lowest BCUT2D eigenvalue weighted by Gasteiger charge is -2.31. The van der Waals surface area contributed by atoms with Crippen molar-refractivity contribution in [3.8, 4) is 0 Å². The molecular formula is C11H19N3S2. The smallest absolute Gasteiger partial charge is 0.174 e. The van der Waals surface area contributed by atoms with E-state index in [1.165, 1.54) is 32.1 Å². The molecule has 0 aromatic carbocycles.